The lowest BCUT2D eigenvalue weighted by Crippen LogP contribution is -2.45. The van der Waals surface area contributed by atoms with Gasteiger partial charge in [0, 0.05) is 18.4 Å². The van der Waals surface area contributed by atoms with Crippen molar-refractivity contribution in [3.8, 4) is 6.07 Å². The van der Waals surface area contributed by atoms with Gasteiger partial charge in [-0.3, -0.25) is 4.79 Å². The van der Waals surface area contributed by atoms with Crippen molar-refractivity contribution < 1.29 is 4.79 Å². The Kier molecular flexibility index (Phi) is 3.92. The molecule has 0 aliphatic rings. The Morgan fingerprint density at radius 2 is 2.06 bits per heavy atom. The number of nitriles is 1. The highest BCUT2D eigenvalue weighted by Gasteiger charge is 2.24. The van der Waals surface area contributed by atoms with Gasteiger partial charge in [0.15, 0.2) is 0 Å². The van der Waals surface area contributed by atoms with E-state index in [4.69, 9.17) is 16.9 Å². The summed E-state index contributed by atoms with van der Waals surface area (Å²) >= 11 is 5.77. The molecule has 0 bridgehead atoms. The third-order valence-electron chi connectivity index (χ3n) is 2.17. The third-order valence-corrected chi connectivity index (χ3v) is 2.42. The fourth-order valence-corrected chi connectivity index (χ4v) is 1.64. The summed E-state index contributed by atoms with van der Waals surface area (Å²) in [6.45, 7) is 3.10. The Hall–Kier alpha value is -1.53. The molecule has 0 saturated carbocycles. The molecule has 0 spiro atoms. The van der Waals surface area contributed by atoms with Crippen LogP contribution in [0.15, 0.2) is 24.3 Å². The predicted octanol–water partition coefficient (Wildman–Crippen LogP) is 2.30. The van der Waals surface area contributed by atoms with Gasteiger partial charge in [-0.1, -0.05) is 23.7 Å². The van der Waals surface area contributed by atoms with Crippen LogP contribution in [0, 0.1) is 11.3 Å². The molecule has 1 rings (SSSR count). The van der Waals surface area contributed by atoms with Crippen molar-refractivity contribution in [2.75, 3.05) is 0 Å². The minimum absolute atomic E-state index is 0.210. The molecule has 1 N–H and O–H groups in total. The van der Waals surface area contributed by atoms with E-state index in [9.17, 15) is 4.79 Å². The van der Waals surface area contributed by atoms with Crippen molar-refractivity contribution in [2.24, 2.45) is 0 Å². The first kappa shape index (κ1) is 12.5. The van der Waals surface area contributed by atoms with Crippen LogP contribution in [0.1, 0.15) is 19.4 Å². The number of halogens is 1. The highest BCUT2D eigenvalue weighted by molar-refractivity contribution is 6.30. The number of amides is 1. The summed E-state index contributed by atoms with van der Waals surface area (Å²) in [5.41, 5.74) is 0.0850. The quantitative estimate of drug-likeness (QED) is 0.876. The van der Waals surface area contributed by atoms with Gasteiger partial charge in [-0.15, -0.1) is 0 Å². The SMILES string of the molecule is CC(=O)NC(C)(C#N)Cc1ccc(Cl)cc1. The third kappa shape index (κ3) is 3.56. The maximum Gasteiger partial charge on any atom is 0.218 e. The van der Waals surface area contributed by atoms with E-state index in [-0.39, 0.29) is 5.91 Å². The molecule has 0 aliphatic heterocycles. The van der Waals surface area contributed by atoms with E-state index in [1.54, 1.807) is 19.1 Å². The summed E-state index contributed by atoms with van der Waals surface area (Å²) in [5.74, 6) is -0.210. The van der Waals surface area contributed by atoms with E-state index in [1.807, 2.05) is 12.1 Å². The summed E-state index contributed by atoms with van der Waals surface area (Å²) in [6, 6.07) is 9.33. The summed E-state index contributed by atoms with van der Waals surface area (Å²) < 4.78 is 0. The zero-order valence-electron chi connectivity index (χ0n) is 9.25. The van der Waals surface area contributed by atoms with Crippen LogP contribution in [0.3, 0.4) is 0 Å². The number of carbonyl (C=O) groups is 1. The van der Waals surface area contributed by atoms with Gasteiger partial charge in [0.05, 0.1) is 6.07 Å². The van der Waals surface area contributed by atoms with E-state index in [0.29, 0.717) is 11.4 Å². The molecule has 84 valence electrons. The second kappa shape index (κ2) is 5.00. The monoisotopic (exact) mass is 236 g/mol. The standard InChI is InChI=1S/C12H13ClN2O/c1-9(16)15-12(2,8-14)7-10-3-5-11(13)6-4-10/h3-6H,7H2,1-2H3,(H,15,16). The summed E-state index contributed by atoms with van der Waals surface area (Å²) in [5, 5.41) is 12.3. The number of hydrogen-bond donors (Lipinski definition) is 1. The average Bonchev–Trinajstić information content (AvgIpc) is 2.20. The zero-order valence-corrected chi connectivity index (χ0v) is 10.0. The maximum atomic E-state index is 11.0. The molecule has 16 heavy (non-hydrogen) atoms. The average molecular weight is 237 g/mol. The first-order chi connectivity index (χ1) is 7.45. The molecule has 1 unspecified atom stereocenters. The minimum atomic E-state index is -0.875. The molecule has 1 amide bonds. The summed E-state index contributed by atoms with van der Waals surface area (Å²) in [7, 11) is 0. The van der Waals surface area contributed by atoms with Crippen molar-refractivity contribution in [1.82, 2.24) is 5.32 Å². The maximum absolute atomic E-state index is 11.0. The fraction of sp³-hybridized carbons (Fsp3) is 0.333. The number of nitrogens with one attached hydrogen (secondary N) is 1. The first-order valence-electron chi connectivity index (χ1n) is 4.90. The van der Waals surface area contributed by atoms with Gasteiger partial charge in [0.25, 0.3) is 0 Å². The van der Waals surface area contributed by atoms with E-state index in [2.05, 4.69) is 11.4 Å². The molecule has 1 aromatic carbocycles. The van der Waals surface area contributed by atoms with Crippen molar-refractivity contribution in [3.63, 3.8) is 0 Å². The van der Waals surface area contributed by atoms with Crippen LogP contribution >= 0.6 is 11.6 Å². The number of carbonyl (C=O) groups excluding carboxylic acids is 1. The largest absolute Gasteiger partial charge is 0.338 e. The molecule has 4 heteroatoms. The van der Waals surface area contributed by atoms with Crippen LogP contribution in [0.4, 0.5) is 0 Å². The molecule has 0 heterocycles. The highest BCUT2D eigenvalue weighted by Crippen LogP contribution is 2.15. The smallest absolute Gasteiger partial charge is 0.218 e. The molecular formula is C12H13ClN2O. The second-order valence-electron chi connectivity index (χ2n) is 3.93. The Morgan fingerprint density at radius 3 is 2.50 bits per heavy atom. The lowest BCUT2D eigenvalue weighted by molar-refractivity contribution is -0.120. The number of hydrogen-bond acceptors (Lipinski definition) is 2. The number of nitrogens with zero attached hydrogens (tertiary/aromatic N) is 1. The highest BCUT2D eigenvalue weighted by atomic mass is 35.5. The predicted molar refractivity (Wildman–Crippen MR) is 63.0 cm³/mol. The van der Waals surface area contributed by atoms with Crippen LogP contribution in [-0.2, 0) is 11.2 Å². The molecular weight excluding hydrogens is 224 g/mol. The van der Waals surface area contributed by atoms with Crippen LogP contribution in [-0.4, -0.2) is 11.4 Å². The fourth-order valence-electron chi connectivity index (χ4n) is 1.51. The molecule has 3 nitrogen and oxygen atoms in total. The van der Waals surface area contributed by atoms with Crippen molar-refractivity contribution in [1.29, 1.82) is 5.26 Å². The van der Waals surface area contributed by atoms with Crippen molar-refractivity contribution >= 4 is 17.5 Å². The summed E-state index contributed by atoms with van der Waals surface area (Å²) in [4.78, 5) is 11.0. The molecule has 0 aliphatic carbocycles. The first-order valence-corrected chi connectivity index (χ1v) is 5.27. The van der Waals surface area contributed by atoms with Crippen LogP contribution in [0.25, 0.3) is 0 Å². The number of benzene rings is 1. The topological polar surface area (TPSA) is 52.9 Å². The molecule has 1 aromatic rings. The minimum Gasteiger partial charge on any atom is -0.338 e. The van der Waals surface area contributed by atoms with Gasteiger partial charge >= 0.3 is 0 Å². The van der Waals surface area contributed by atoms with Gasteiger partial charge < -0.3 is 5.32 Å². The van der Waals surface area contributed by atoms with Gasteiger partial charge in [0.1, 0.15) is 5.54 Å². The van der Waals surface area contributed by atoms with Gasteiger partial charge in [0.2, 0.25) is 5.91 Å². The second-order valence-corrected chi connectivity index (χ2v) is 4.36. The Labute approximate surface area is 100 Å². The van der Waals surface area contributed by atoms with Gasteiger partial charge in [-0.2, -0.15) is 5.26 Å². The van der Waals surface area contributed by atoms with E-state index in [1.165, 1.54) is 6.92 Å². The lowest BCUT2D eigenvalue weighted by Gasteiger charge is -2.22. The molecule has 0 aromatic heterocycles. The van der Waals surface area contributed by atoms with E-state index >= 15 is 0 Å². The van der Waals surface area contributed by atoms with Gasteiger partial charge in [-0.25, -0.2) is 0 Å². The molecule has 0 radical (unpaired) electrons. The molecule has 0 saturated heterocycles. The number of rotatable bonds is 3. The normalized spacial score (nSPS) is 13.6. The van der Waals surface area contributed by atoms with Crippen LogP contribution in [0.2, 0.25) is 5.02 Å². The molecule has 1 atom stereocenters. The van der Waals surface area contributed by atoms with Crippen molar-refractivity contribution in [2.45, 2.75) is 25.8 Å². The Morgan fingerprint density at radius 1 is 1.50 bits per heavy atom. The lowest BCUT2D eigenvalue weighted by atomic mass is 9.94. The van der Waals surface area contributed by atoms with Crippen LogP contribution < -0.4 is 5.32 Å². The van der Waals surface area contributed by atoms with E-state index < -0.39 is 5.54 Å². The Balaban J connectivity index is 2.81. The van der Waals surface area contributed by atoms with Gasteiger partial charge in [-0.05, 0) is 24.6 Å². The van der Waals surface area contributed by atoms with Crippen molar-refractivity contribution in [3.05, 3.63) is 34.9 Å². The summed E-state index contributed by atoms with van der Waals surface area (Å²) in [6.07, 6.45) is 0.459. The zero-order chi connectivity index (χ0) is 12.2. The van der Waals surface area contributed by atoms with E-state index in [0.717, 1.165) is 5.56 Å². The Bertz CT molecular complexity index is 422. The molecule has 0 fully saturated rings. The van der Waals surface area contributed by atoms with Crippen LogP contribution in [0.5, 0.6) is 0 Å².